The summed E-state index contributed by atoms with van der Waals surface area (Å²) >= 11 is 5.99. The van der Waals surface area contributed by atoms with E-state index in [4.69, 9.17) is 22.1 Å². The lowest BCUT2D eigenvalue weighted by molar-refractivity contribution is 0.477. The quantitative estimate of drug-likeness (QED) is 0.800. The van der Waals surface area contributed by atoms with E-state index in [1.165, 1.54) is 5.56 Å². The van der Waals surface area contributed by atoms with Crippen molar-refractivity contribution in [1.82, 2.24) is 0 Å². The van der Waals surface area contributed by atoms with Crippen molar-refractivity contribution < 1.29 is 4.74 Å². The predicted octanol–water partition coefficient (Wildman–Crippen LogP) is 4.64. The second-order valence-corrected chi connectivity index (χ2v) is 4.81. The summed E-state index contributed by atoms with van der Waals surface area (Å²) in [7, 11) is 0. The molecule has 0 amide bonds. The summed E-state index contributed by atoms with van der Waals surface area (Å²) in [5, 5.41) is 0.510. The Morgan fingerprint density at radius 3 is 2.39 bits per heavy atom. The molecule has 0 aliphatic rings. The lowest BCUT2D eigenvalue weighted by Crippen LogP contribution is -1.97. The molecule has 0 aliphatic carbocycles. The SMILES string of the molecule is Cc1ccc(C)c(Oc2cccc(Cl)c2N)c1C. The Bertz CT molecular complexity index is 593. The van der Waals surface area contributed by atoms with Crippen molar-refractivity contribution in [3.63, 3.8) is 0 Å². The van der Waals surface area contributed by atoms with Gasteiger partial charge < -0.3 is 10.5 Å². The van der Waals surface area contributed by atoms with Gasteiger partial charge in [0, 0.05) is 0 Å². The molecule has 2 N–H and O–H groups in total. The lowest BCUT2D eigenvalue weighted by Gasteiger charge is -2.15. The van der Waals surface area contributed by atoms with Crippen LogP contribution in [0, 0.1) is 20.8 Å². The zero-order valence-electron chi connectivity index (χ0n) is 10.8. The number of rotatable bonds is 2. The molecule has 2 aromatic carbocycles. The van der Waals surface area contributed by atoms with Crippen LogP contribution >= 0.6 is 11.6 Å². The maximum atomic E-state index is 5.99. The Labute approximate surface area is 112 Å². The van der Waals surface area contributed by atoms with Gasteiger partial charge in [-0.25, -0.2) is 0 Å². The molecule has 2 aromatic rings. The summed E-state index contributed by atoms with van der Waals surface area (Å²) in [4.78, 5) is 0. The van der Waals surface area contributed by atoms with Gasteiger partial charge in [-0.2, -0.15) is 0 Å². The van der Waals surface area contributed by atoms with E-state index in [0.717, 1.165) is 16.9 Å². The Kier molecular flexibility index (Phi) is 3.48. The summed E-state index contributed by atoms with van der Waals surface area (Å²) in [6, 6.07) is 9.52. The van der Waals surface area contributed by atoms with Crippen molar-refractivity contribution >= 4 is 17.3 Å². The number of nitrogen functional groups attached to an aromatic ring is 1. The van der Waals surface area contributed by atoms with Gasteiger partial charge >= 0.3 is 0 Å². The van der Waals surface area contributed by atoms with E-state index in [-0.39, 0.29) is 0 Å². The molecule has 0 fully saturated rings. The number of aryl methyl sites for hydroxylation is 2. The standard InChI is InChI=1S/C15H16ClNO/c1-9-7-8-10(2)15(11(9)3)18-13-6-4-5-12(16)14(13)17/h4-8H,17H2,1-3H3. The second-order valence-electron chi connectivity index (χ2n) is 4.41. The van der Waals surface area contributed by atoms with E-state index in [2.05, 4.69) is 13.0 Å². The first-order valence-corrected chi connectivity index (χ1v) is 6.17. The third-order valence-electron chi connectivity index (χ3n) is 3.10. The first-order chi connectivity index (χ1) is 8.50. The van der Waals surface area contributed by atoms with Crippen LogP contribution in [0.4, 0.5) is 5.69 Å². The van der Waals surface area contributed by atoms with Crippen LogP contribution < -0.4 is 10.5 Å². The number of hydrogen-bond acceptors (Lipinski definition) is 2. The maximum absolute atomic E-state index is 5.99. The highest BCUT2D eigenvalue weighted by atomic mass is 35.5. The molecular weight excluding hydrogens is 246 g/mol. The van der Waals surface area contributed by atoms with Crippen molar-refractivity contribution in [3.05, 3.63) is 52.0 Å². The topological polar surface area (TPSA) is 35.2 Å². The zero-order valence-corrected chi connectivity index (χ0v) is 11.5. The minimum Gasteiger partial charge on any atom is -0.455 e. The maximum Gasteiger partial charge on any atom is 0.151 e. The lowest BCUT2D eigenvalue weighted by atomic mass is 10.1. The van der Waals surface area contributed by atoms with E-state index >= 15 is 0 Å². The largest absolute Gasteiger partial charge is 0.455 e. The van der Waals surface area contributed by atoms with Gasteiger partial charge in [-0.1, -0.05) is 29.8 Å². The average molecular weight is 262 g/mol. The van der Waals surface area contributed by atoms with E-state index in [1.807, 2.05) is 32.0 Å². The van der Waals surface area contributed by atoms with Gasteiger partial charge in [-0.3, -0.25) is 0 Å². The fourth-order valence-electron chi connectivity index (χ4n) is 1.80. The molecule has 0 saturated carbocycles. The van der Waals surface area contributed by atoms with Crippen molar-refractivity contribution in [2.45, 2.75) is 20.8 Å². The Balaban J connectivity index is 2.46. The molecule has 18 heavy (non-hydrogen) atoms. The number of para-hydroxylation sites is 1. The first-order valence-electron chi connectivity index (χ1n) is 5.79. The summed E-state index contributed by atoms with van der Waals surface area (Å²) in [5.74, 6) is 1.45. The monoisotopic (exact) mass is 261 g/mol. The molecule has 0 spiro atoms. The highest BCUT2D eigenvalue weighted by Gasteiger charge is 2.10. The Morgan fingerprint density at radius 2 is 1.67 bits per heavy atom. The average Bonchev–Trinajstić information content (AvgIpc) is 2.35. The molecule has 0 atom stereocenters. The van der Waals surface area contributed by atoms with Crippen molar-refractivity contribution in [1.29, 1.82) is 0 Å². The molecule has 94 valence electrons. The van der Waals surface area contributed by atoms with Gasteiger partial charge in [-0.05, 0) is 49.6 Å². The van der Waals surface area contributed by atoms with Crippen LogP contribution in [0.2, 0.25) is 5.02 Å². The van der Waals surface area contributed by atoms with Crippen molar-refractivity contribution in [2.75, 3.05) is 5.73 Å². The second kappa shape index (κ2) is 4.91. The van der Waals surface area contributed by atoms with Gasteiger partial charge in [0.2, 0.25) is 0 Å². The van der Waals surface area contributed by atoms with Crippen LogP contribution in [0.3, 0.4) is 0 Å². The van der Waals surface area contributed by atoms with E-state index in [9.17, 15) is 0 Å². The highest BCUT2D eigenvalue weighted by Crippen LogP contribution is 2.36. The summed E-state index contributed by atoms with van der Waals surface area (Å²) < 4.78 is 5.92. The van der Waals surface area contributed by atoms with E-state index < -0.39 is 0 Å². The molecule has 0 heterocycles. The molecule has 2 rings (SSSR count). The van der Waals surface area contributed by atoms with E-state index in [1.54, 1.807) is 6.07 Å². The van der Waals surface area contributed by atoms with Gasteiger partial charge in [0.15, 0.2) is 5.75 Å². The Hall–Kier alpha value is -1.67. The smallest absolute Gasteiger partial charge is 0.151 e. The highest BCUT2D eigenvalue weighted by molar-refractivity contribution is 6.33. The zero-order chi connectivity index (χ0) is 13.3. The molecule has 3 heteroatoms. The number of anilines is 1. The molecule has 0 saturated heterocycles. The number of halogens is 1. The first kappa shape index (κ1) is 12.8. The van der Waals surface area contributed by atoms with Crippen LogP contribution in [-0.4, -0.2) is 0 Å². The number of nitrogens with two attached hydrogens (primary N) is 1. The van der Waals surface area contributed by atoms with Gasteiger partial charge in [0.25, 0.3) is 0 Å². The van der Waals surface area contributed by atoms with Crippen molar-refractivity contribution in [2.24, 2.45) is 0 Å². The van der Waals surface area contributed by atoms with Crippen molar-refractivity contribution in [3.8, 4) is 11.5 Å². The summed E-state index contributed by atoms with van der Waals surface area (Å²) in [5.41, 5.74) is 9.78. The Morgan fingerprint density at radius 1 is 1.00 bits per heavy atom. The normalized spacial score (nSPS) is 10.4. The molecule has 0 aromatic heterocycles. The number of ether oxygens (including phenoxy) is 1. The van der Waals surface area contributed by atoms with Gasteiger partial charge in [0.1, 0.15) is 5.75 Å². The molecular formula is C15H16ClNO. The third-order valence-corrected chi connectivity index (χ3v) is 3.43. The fraction of sp³-hybridized carbons (Fsp3) is 0.200. The van der Waals surface area contributed by atoms with Gasteiger partial charge in [0.05, 0.1) is 10.7 Å². The van der Waals surface area contributed by atoms with Crippen LogP contribution in [0.1, 0.15) is 16.7 Å². The molecule has 0 unspecified atom stereocenters. The fourth-order valence-corrected chi connectivity index (χ4v) is 1.96. The van der Waals surface area contributed by atoms with E-state index in [0.29, 0.717) is 16.5 Å². The summed E-state index contributed by atoms with van der Waals surface area (Å²) in [6.45, 7) is 6.11. The molecule has 2 nitrogen and oxygen atoms in total. The molecule has 0 radical (unpaired) electrons. The van der Waals surface area contributed by atoms with Crippen LogP contribution in [0.15, 0.2) is 30.3 Å². The number of benzene rings is 2. The molecule has 0 aliphatic heterocycles. The van der Waals surface area contributed by atoms with Crippen LogP contribution in [0.25, 0.3) is 0 Å². The summed E-state index contributed by atoms with van der Waals surface area (Å²) in [6.07, 6.45) is 0. The predicted molar refractivity (Wildman–Crippen MR) is 76.6 cm³/mol. The minimum atomic E-state index is 0.472. The van der Waals surface area contributed by atoms with Crippen LogP contribution in [-0.2, 0) is 0 Å². The minimum absolute atomic E-state index is 0.472. The number of hydrogen-bond donors (Lipinski definition) is 1. The third kappa shape index (κ3) is 2.29. The molecule has 0 bridgehead atoms. The van der Waals surface area contributed by atoms with Crippen LogP contribution in [0.5, 0.6) is 11.5 Å². The van der Waals surface area contributed by atoms with Gasteiger partial charge in [-0.15, -0.1) is 0 Å².